The first-order valence-electron chi connectivity index (χ1n) is 10.3. The number of alkyl halides is 2. The number of carboxylic acids is 1. The van der Waals surface area contributed by atoms with Crippen molar-refractivity contribution in [2.75, 3.05) is 6.54 Å². The molecule has 32 heavy (non-hydrogen) atoms. The number of aliphatic hydroxyl groups excluding tert-OH is 1. The Balaban J connectivity index is 1.59. The highest BCUT2D eigenvalue weighted by Gasteiger charge is 2.52. The highest BCUT2D eigenvalue weighted by Crippen LogP contribution is 2.34. The Morgan fingerprint density at radius 1 is 1.28 bits per heavy atom. The number of carbonyl (C=O) groups is 2. The number of hydrogen-bond acceptors (Lipinski definition) is 4. The Kier molecular flexibility index (Phi) is 7.58. The summed E-state index contributed by atoms with van der Waals surface area (Å²) in [6.07, 6.45) is 2.58. The number of hydrogen-bond donors (Lipinski definition) is 2. The van der Waals surface area contributed by atoms with E-state index < -0.39 is 36.4 Å². The maximum atomic E-state index is 14.1. The first-order chi connectivity index (χ1) is 15.2. The number of carboxylic acid groups (broad SMARTS) is 1. The predicted octanol–water partition coefficient (Wildman–Crippen LogP) is 4.33. The standard InChI is InChI=1S/C24H25F2NO4S/c1-16(14-17-6-3-2-4-7-17)20(28)11-9-18-15-24(25,26)23(31)27(18)13-5-8-19-10-12-21(32-19)22(29)30/h2-4,6-7,9-12,18,20,28H,1,5,8,13-15H2,(H,29,30)/b11-9+/t18-,20-/m0/s1. The number of thiophene rings is 1. The van der Waals surface area contributed by atoms with Crippen LogP contribution >= 0.6 is 11.3 Å². The van der Waals surface area contributed by atoms with E-state index in [-0.39, 0.29) is 11.4 Å². The van der Waals surface area contributed by atoms with Crippen LogP contribution in [0.3, 0.4) is 0 Å². The molecule has 0 saturated carbocycles. The van der Waals surface area contributed by atoms with Gasteiger partial charge >= 0.3 is 11.9 Å². The Labute approximate surface area is 189 Å². The van der Waals surface area contributed by atoms with Crippen molar-refractivity contribution in [2.24, 2.45) is 0 Å². The van der Waals surface area contributed by atoms with Crippen molar-refractivity contribution in [1.82, 2.24) is 4.90 Å². The third-order valence-corrected chi connectivity index (χ3v) is 6.48. The van der Waals surface area contributed by atoms with Crippen molar-refractivity contribution in [3.63, 3.8) is 0 Å². The van der Waals surface area contributed by atoms with Gasteiger partial charge in [0.05, 0.1) is 12.1 Å². The van der Waals surface area contributed by atoms with Gasteiger partial charge in [0.25, 0.3) is 5.91 Å². The van der Waals surface area contributed by atoms with Crippen LogP contribution in [0.15, 0.2) is 66.8 Å². The molecule has 2 atom stereocenters. The van der Waals surface area contributed by atoms with Gasteiger partial charge in [-0.3, -0.25) is 4.79 Å². The van der Waals surface area contributed by atoms with Gasteiger partial charge in [0.15, 0.2) is 0 Å². The smallest absolute Gasteiger partial charge is 0.345 e. The maximum absolute atomic E-state index is 14.1. The molecule has 0 radical (unpaired) electrons. The van der Waals surface area contributed by atoms with Crippen LogP contribution in [0.4, 0.5) is 8.78 Å². The van der Waals surface area contributed by atoms with Gasteiger partial charge in [-0.25, -0.2) is 4.79 Å². The highest BCUT2D eigenvalue weighted by molar-refractivity contribution is 7.13. The van der Waals surface area contributed by atoms with Crippen LogP contribution in [-0.4, -0.2) is 51.6 Å². The second kappa shape index (κ2) is 10.2. The molecule has 1 saturated heterocycles. The second-order valence-electron chi connectivity index (χ2n) is 7.80. The number of aromatic carboxylic acids is 1. The van der Waals surface area contributed by atoms with E-state index >= 15 is 0 Å². The molecule has 1 aliphatic rings. The maximum Gasteiger partial charge on any atom is 0.345 e. The van der Waals surface area contributed by atoms with Gasteiger partial charge in [-0.05, 0) is 42.5 Å². The number of likely N-dealkylation sites (tertiary alicyclic amines) is 1. The molecule has 2 N–H and O–H groups in total. The Hall–Kier alpha value is -2.84. The van der Waals surface area contributed by atoms with E-state index in [0.717, 1.165) is 26.7 Å². The van der Waals surface area contributed by atoms with Crippen LogP contribution < -0.4 is 0 Å². The van der Waals surface area contributed by atoms with Crippen molar-refractivity contribution in [1.29, 1.82) is 0 Å². The molecule has 0 spiro atoms. The molecule has 0 aliphatic carbocycles. The van der Waals surface area contributed by atoms with E-state index in [4.69, 9.17) is 5.11 Å². The topological polar surface area (TPSA) is 77.8 Å². The van der Waals surface area contributed by atoms with Gasteiger partial charge in [-0.2, -0.15) is 8.78 Å². The average Bonchev–Trinajstić information content (AvgIpc) is 3.31. The lowest BCUT2D eigenvalue weighted by molar-refractivity contribution is -0.148. The summed E-state index contributed by atoms with van der Waals surface area (Å²) >= 11 is 1.13. The summed E-state index contributed by atoms with van der Waals surface area (Å²) < 4.78 is 28.2. The molecule has 3 rings (SSSR count). The summed E-state index contributed by atoms with van der Waals surface area (Å²) in [5.41, 5.74) is 1.51. The van der Waals surface area contributed by atoms with Crippen LogP contribution in [0, 0.1) is 0 Å². The molecule has 8 heteroatoms. The summed E-state index contributed by atoms with van der Waals surface area (Å²) in [7, 11) is 0. The van der Waals surface area contributed by atoms with Gasteiger partial charge in [0.1, 0.15) is 4.88 Å². The molecule has 2 heterocycles. The SMILES string of the molecule is C=C(Cc1ccccc1)[C@@H](O)/C=C/[C@H]1CC(F)(F)C(=O)N1CCCc1ccc(C(=O)O)s1. The normalized spacial score (nSPS) is 18.9. The molecule has 1 amide bonds. The lowest BCUT2D eigenvalue weighted by atomic mass is 10.0. The van der Waals surface area contributed by atoms with Crippen molar-refractivity contribution in [3.8, 4) is 0 Å². The third-order valence-electron chi connectivity index (χ3n) is 5.34. The second-order valence-corrected chi connectivity index (χ2v) is 8.97. The highest BCUT2D eigenvalue weighted by atomic mass is 32.1. The molecule has 170 valence electrons. The minimum absolute atomic E-state index is 0.116. The summed E-state index contributed by atoms with van der Waals surface area (Å²) in [5, 5.41) is 19.4. The lowest BCUT2D eigenvalue weighted by Gasteiger charge is -2.22. The molecule has 1 aliphatic heterocycles. The molecule has 5 nitrogen and oxygen atoms in total. The summed E-state index contributed by atoms with van der Waals surface area (Å²) in [6, 6.07) is 11.8. The number of amides is 1. The van der Waals surface area contributed by atoms with Crippen molar-refractivity contribution >= 4 is 23.2 Å². The van der Waals surface area contributed by atoms with Crippen molar-refractivity contribution in [2.45, 2.75) is 43.8 Å². The zero-order valence-electron chi connectivity index (χ0n) is 17.4. The molecule has 0 unspecified atom stereocenters. The predicted molar refractivity (Wildman–Crippen MR) is 119 cm³/mol. The molecule has 1 fully saturated rings. The van der Waals surface area contributed by atoms with Crippen LogP contribution in [0.2, 0.25) is 0 Å². The fraction of sp³-hybridized carbons (Fsp3) is 0.333. The molecule has 1 aromatic heterocycles. The van der Waals surface area contributed by atoms with E-state index in [0.29, 0.717) is 24.8 Å². The fourth-order valence-corrected chi connectivity index (χ4v) is 4.53. The third kappa shape index (κ3) is 5.89. The quantitative estimate of drug-likeness (QED) is 0.517. The Morgan fingerprint density at radius 2 is 2.00 bits per heavy atom. The zero-order valence-corrected chi connectivity index (χ0v) is 18.2. The van der Waals surface area contributed by atoms with Crippen LogP contribution in [0.25, 0.3) is 0 Å². The monoisotopic (exact) mass is 461 g/mol. The minimum Gasteiger partial charge on any atom is -0.477 e. The van der Waals surface area contributed by atoms with Crippen LogP contribution in [-0.2, 0) is 17.6 Å². The van der Waals surface area contributed by atoms with Gasteiger partial charge in [0, 0.05) is 17.8 Å². The van der Waals surface area contributed by atoms with E-state index in [9.17, 15) is 23.5 Å². The zero-order chi connectivity index (χ0) is 23.3. The lowest BCUT2D eigenvalue weighted by Crippen LogP contribution is -2.36. The van der Waals surface area contributed by atoms with Gasteiger partial charge in [0.2, 0.25) is 0 Å². The van der Waals surface area contributed by atoms with Crippen LogP contribution in [0.1, 0.15) is 33.0 Å². The summed E-state index contributed by atoms with van der Waals surface area (Å²) in [4.78, 5) is 25.3. The van der Waals surface area contributed by atoms with Crippen LogP contribution in [0.5, 0.6) is 0 Å². The average molecular weight is 462 g/mol. The summed E-state index contributed by atoms with van der Waals surface area (Å²) in [5.74, 6) is -5.67. The van der Waals surface area contributed by atoms with Gasteiger partial charge in [-0.1, -0.05) is 49.1 Å². The number of halogens is 2. The van der Waals surface area contributed by atoms with Crippen molar-refractivity contribution in [3.05, 3.63) is 82.1 Å². The van der Waals surface area contributed by atoms with Gasteiger partial charge in [-0.15, -0.1) is 11.3 Å². The number of nitrogens with zero attached hydrogens (tertiary/aromatic N) is 1. The largest absolute Gasteiger partial charge is 0.477 e. The van der Waals surface area contributed by atoms with Crippen molar-refractivity contribution < 1.29 is 28.6 Å². The molecule has 0 bridgehead atoms. The number of aliphatic hydroxyl groups is 1. The van der Waals surface area contributed by atoms with Gasteiger partial charge < -0.3 is 15.1 Å². The first-order valence-corrected chi connectivity index (χ1v) is 11.1. The molecular formula is C24H25F2NO4S. The van der Waals surface area contributed by atoms with E-state index in [1.165, 1.54) is 18.2 Å². The number of aryl methyl sites for hydroxylation is 1. The number of rotatable bonds is 10. The fourth-order valence-electron chi connectivity index (χ4n) is 3.64. The molecule has 1 aromatic carbocycles. The van der Waals surface area contributed by atoms with E-state index in [2.05, 4.69) is 6.58 Å². The molecule has 2 aromatic rings. The number of carbonyl (C=O) groups excluding carboxylic acids is 1. The minimum atomic E-state index is -3.44. The number of benzene rings is 1. The Bertz CT molecular complexity index is 1000. The first kappa shape index (κ1) is 23.8. The summed E-state index contributed by atoms with van der Waals surface area (Å²) in [6.45, 7) is 4.00. The Morgan fingerprint density at radius 3 is 2.66 bits per heavy atom. The molecular weight excluding hydrogens is 436 g/mol. The van der Waals surface area contributed by atoms with E-state index in [1.54, 1.807) is 6.07 Å². The van der Waals surface area contributed by atoms with E-state index in [1.807, 2.05) is 30.3 Å².